The third-order valence-electron chi connectivity index (χ3n) is 3.87. The fourth-order valence-corrected chi connectivity index (χ4v) is 2.38. The van der Waals surface area contributed by atoms with E-state index in [0.717, 1.165) is 57.9 Å². The third kappa shape index (κ3) is 12.2. The standard InChI is InChI=1S/C20H36N4O3/c1-3-5-15-26-17-18-27-16-12-23-20(21-4-2)22-11-7-9-14-24-13-8-6-10-19(24)25/h6,8,10,13H,3-5,7,9,11-12,14-18H2,1-2H3,(H2,21,22,23). The number of unbranched alkanes of at least 4 members (excludes halogenated alkanes) is 2. The SMILES string of the molecule is CCCCOCCOCCNC(=NCCCCn1ccccc1=O)NCC. The molecular weight excluding hydrogens is 344 g/mol. The molecule has 7 nitrogen and oxygen atoms in total. The van der Waals surface area contributed by atoms with Gasteiger partial charge in [0.1, 0.15) is 0 Å². The monoisotopic (exact) mass is 380 g/mol. The van der Waals surface area contributed by atoms with Crippen LogP contribution in [-0.2, 0) is 16.0 Å². The molecule has 0 fully saturated rings. The number of nitrogens with zero attached hydrogens (tertiary/aromatic N) is 2. The van der Waals surface area contributed by atoms with Gasteiger partial charge in [0.05, 0.1) is 19.8 Å². The Labute approximate surface area is 163 Å². The van der Waals surface area contributed by atoms with Crippen molar-refractivity contribution in [2.24, 2.45) is 4.99 Å². The predicted molar refractivity (Wildman–Crippen MR) is 110 cm³/mol. The van der Waals surface area contributed by atoms with Crippen LogP contribution in [0.5, 0.6) is 0 Å². The highest BCUT2D eigenvalue weighted by atomic mass is 16.5. The van der Waals surface area contributed by atoms with E-state index < -0.39 is 0 Å². The maximum atomic E-state index is 11.6. The molecule has 0 saturated heterocycles. The van der Waals surface area contributed by atoms with Gasteiger partial charge < -0.3 is 24.7 Å². The second-order valence-electron chi connectivity index (χ2n) is 6.21. The number of aryl methyl sites for hydroxylation is 1. The molecular formula is C20H36N4O3. The summed E-state index contributed by atoms with van der Waals surface area (Å²) in [4.78, 5) is 16.2. The molecule has 1 aromatic rings. The Morgan fingerprint density at radius 2 is 1.85 bits per heavy atom. The van der Waals surface area contributed by atoms with Gasteiger partial charge in [-0.2, -0.15) is 0 Å². The number of rotatable bonds is 15. The number of hydrogen-bond donors (Lipinski definition) is 2. The summed E-state index contributed by atoms with van der Waals surface area (Å²) in [7, 11) is 0. The largest absolute Gasteiger partial charge is 0.379 e. The van der Waals surface area contributed by atoms with Crippen molar-refractivity contribution in [1.82, 2.24) is 15.2 Å². The Hall–Kier alpha value is -1.86. The van der Waals surface area contributed by atoms with Crippen molar-refractivity contribution in [1.29, 1.82) is 0 Å². The summed E-state index contributed by atoms with van der Waals surface area (Å²) in [5, 5.41) is 6.50. The van der Waals surface area contributed by atoms with E-state index in [2.05, 4.69) is 22.5 Å². The van der Waals surface area contributed by atoms with Gasteiger partial charge >= 0.3 is 0 Å². The van der Waals surface area contributed by atoms with E-state index in [1.807, 2.05) is 19.2 Å². The minimum atomic E-state index is 0.0479. The quantitative estimate of drug-likeness (QED) is 0.277. The molecule has 0 bridgehead atoms. The molecule has 0 unspecified atom stereocenters. The van der Waals surface area contributed by atoms with Crippen LogP contribution in [0.2, 0.25) is 0 Å². The van der Waals surface area contributed by atoms with Gasteiger partial charge in [0.2, 0.25) is 5.56 Å². The Morgan fingerprint density at radius 1 is 1.04 bits per heavy atom. The first kappa shape index (κ1) is 23.2. The van der Waals surface area contributed by atoms with Gasteiger partial charge in [-0.1, -0.05) is 19.4 Å². The maximum Gasteiger partial charge on any atom is 0.250 e. The normalized spacial score (nSPS) is 11.6. The van der Waals surface area contributed by atoms with Crippen LogP contribution < -0.4 is 16.2 Å². The zero-order valence-corrected chi connectivity index (χ0v) is 16.9. The molecule has 0 spiro atoms. The lowest BCUT2D eigenvalue weighted by Gasteiger charge is -2.11. The average Bonchev–Trinajstić information content (AvgIpc) is 2.67. The van der Waals surface area contributed by atoms with Gasteiger partial charge in [0, 0.05) is 45.0 Å². The molecule has 1 rings (SSSR count). The minimum absolute atomic E-state index is 0.0479. The summed E-state index contributed by atoms with van der Waals surface area (Å²) in [5.74, 6) is 0.803. The predicted octanol–water partition coefficient (Wildman–Crippen LogP) is 2.02. The van der Waals surface area contributed by atoms with Gasteiger partial charge in [-0.15, -0.1) is 0 Å². The summed E-state index contributed by atoms with van der Waals surface area (Å²) in [5.41, 5.74) is 0.0479. The molecule has 0 aliphatic carbocycles. The lowest BCUT2D eigenvalue weighted by Crippen LogP contribution is -2.39. The highest BCUT2D eigenvalue weighted by Gasteiger charge is 1.98. The fourth-order valence-electron chi connectivity index (χ4n) is 2.38. The van der Waals surface area contributed by atoms with Crippen LogP contribution >= 0.6 is 0 Å². The molecule has 0 aliphatic heterocycles. The number of guanidine groups is 1. The van der Waals surface area contributed by atoms with Crippen LogP contribution in [0.25, 0.3) is 0 Å². The molecule has 1 aromatic heterocycles. The highest BCUT2D eigenvalue weighted by Crippen LogP contribution is 1.94. The van der Waals surface area contributed by atoms with Gasteiger partial charge in [-0.05, 0) is 32.3 Å². The van der Waals surface area contributed by atoms with Crippen LogP contribution in [0.3, 0.4) is 0 Å². The topological polar surface area (TPSA) is 76.9 Å². The summed E-state index contributed by atoms with van der Waals surface area (Å²) in [6, 6.07) is 5.23. The summed E-state index contributed by atoms with van der Waals surface area (Å²) in [6.45, 7) is 9.89. The molecule has 0 amide bonds. The molecule has 27 heavy (non-hydrogen) atoms. The van der Waals surface area contributed by atoms with Gasteiger partial charge in [0.25, 0.3) is 0 Å². The molecule has 2 N–H and O–H groups in total. The van der Waals surface area contributed by atoms with Crippen molar-refractivity contribution in [3.8, 4) is 0 Å². The Bertz CT molecular complexity index is 560. The van der Waals surface area contributed by atoms with E-state index in [0.29, 0.717) is 26.4 Å². The van der Waals surface area contributed by atoms with E-state index in [1.54, 1.807) is 16.7 Å². The van der Waals surface area contributed by atoms with Crippen LogP contribution in [0.4, 0.5) is 0 Å². The molecule has 0 aromatic carbocycles. The first-order valence-corrected chi connectivity index (χ1v) is 10.1. The molecule has 0 radical (unpaired) electrons. The smallest absolute Gasteiger partial charge is 0.250 e. The molecule has 7 heteroatoms. The Morgan fingerprint density at radius 3 is 2.59 bits per heavy atom. The van der Waals surface area contributed by atoms with E-state index in [1.165, 1.54) is 0 Å². The van der Waals surface area contributed by atoms with Crippen molar-refractivity contribution < 1.29 is 9.47 Å². The summed E-state index contributed by atoms with van der Waals surface area (Å²) >= 11 is 0. The maximum absolute atomic E-state index is 11.6. The third-order valence-corrected chi connectivity index (χ3v) is 3.87. The van der Waals surface area contributed by atoms with Crippen molar-refractivity contribution in [3.63, 3.8) is 0 Å². The van der Waals surface area contributed by atoms with E-state index in [9.17, 15) is 4.79 Å². The summed E-state index contributed by atoms with van der Waals surface area (Å²) < 4.78 is 12.7. The Balaban J connectivity index is 2.11. The number of pyridine rings is 1. The van der Waals surface area contributed by atoms with Gasteiger partial charge in [-0.25, -0.2) is 0 Å². The molecule has 1 heterocycles. The van der Waals surface area contributed by atoms with Crippen LogP contribution in [0.1, 0.15) is 39.5 Å². The first-order chi connectivity index (χ1) is 13.3. The molecule has 0 saturated carbocycles. The number of nitrogens with one attached hydrogen (secondary N) is 2. The molecule has 0 aliphatic rings. The first-order valence-electron chi connectivity index (χ1n) is 10.1. The summed E-state index contributed by atoms with van der Waals surface area (Å²) in [6.07, 6.45) is 5.94. The Kier molecular flexibility index (Phi) is 14.0. The number of aliphatic imine (C=N–C) groups is 1. The number of ether oxygens (including phenoxy) is 2. The second-order valence-corrected chi connectivity index (χ2v) is 6.21. The molecule has 0 atom stereocenters. The average molecular weight is 381 g/mol. The van der Waals surface area contributed by atoms with Gasteiger partial charge in [0.15, 0.2) is 5.96 Å². The van der Waals surface area contributed by atoms with Crippen molar-refractivity contribution in [2.45, 2.75) is 46.1 Å². The zero-order chi connectivity index (χ0) is 19.6. The number of hydrogen-bond acceptors (Lipinski definition) is 4. The van der Waals surface area contributed by atoms with Gasteiger partial charge in [-0.3, -0.25) is 9.79 Å². The van der Waals surface area contributed by atoms with E-state index in [-0.39, 0.29) is 5.56 Å². The van der Waals surface area contributed by atoms with Crippen LogP contribution in [0.15, 0.2) is 34.2 Å². The lowest BCUT2D eigenvalue weighted by atomic mass is 10.3. The highest BCUT2D eigenvalue weighted by molar-refractivity contribution is 5.79. The van der Waals surface area contributed by atoms with E-state index in [4.69, 9.17) is 9.47 Å². The zero-order valence-electron chi connectivity index (χ0n) is 16.9. The van der Waals surface area contributed by atoms with Crippen LogP contribution in [0, 0.1) is 0 Å². The lowest BCUT2D eigenvalue weighted by molar-refractivity contribution is 0.0487. The minimum Gasteiger partial charge on any atom is -0.379 e. The second kappa shape index (κ2) is 16.3. The van der Waals surface area contributed by atoms with Crippen molar-refractivity contribution >= 4 is 5.96 Å². The fraction of sp³-hybridized carbons (Fsp3) is 0.700. The van der Waals surface area contributed by atoms with E-state index >= 15 is 0 Å². The van der Waals surface area contributed by atoms with Crippen LogP contribution in [-0.4, -0.2) is 56.6 Å². The number of aromatic nitrogens is 1. The molecule has 154 valence electrons. The van der Waals surface area contributed by atoms with Crippen molar-refractivity contribution in [3.05, 3.63) is 34.7 Å². The van der Waals surface area contributed by atoms with Crippen molar-refractivity contribution in [2.75, 3.05) is 46.1 Å².